The van der Waals surface area contributed by atoms with E-state index in [-0.39, 0.29) is 5.91 Å². The third-order valence-corrected chi connectivity index (χ3v) is 5.00. The van der Waals surface area contributed by atoms with Gasteiger partial charge in [-0.15, -0.1) is 0 Å². The van der Waals surface area contributed by atoms with Gasteiger partial charge in [-0.3, -0.25) is 4.79 Å². The number of likely N-dealkylation sites (tertiary alicyclic amines) is 1. The topological polar surface area (TPSA) is 49.8 Å². The molecule has 0 radical (unpaired) electrons. The molecular weight excluding hydrogens is 302 g/mol. The van der Waals surface area contributed by atoms with E-state index in [2.05, 4.69) is 0 Å². The lowest BCUT2D eigenvalue weighted by Crippen LogP contribution is -2.34. The molecule has 1 N–H and O–H groups in total. The number of aryl methyl sites for hydroxylation is 1. The first-order chi connectivity index (χ1) is 11.7. The van der Waals surface area contributed by atoms with Gasteiger partial charge in [0.25, 0.3) is 5.91 Å². The van der Waals surface area contributed by atoms with Crippen molar-refractivity contribution in [2.75, 3.05) is 19.7 Å². The standard InChI is InChI=1S/C20H21NO3/c22-19(16-8-9-18-15(13-16)5-4-12-24-18)21-11-10-20(23,14-21)17-6-2-1-3-7-17/h1-3,6-9,13,23H,4-5,10-12,14H2. The maximum atomic E-state index is 12.8. The second-order valence-electron chi connectivity index (χ2n) is 6.65. The van der Waals surface area contributed by atoms with Crippen LogP contribution in [-0.2, 0) is 12.0 Å². The van der Waals surface area contributed by atoms with Gasteiger partial charge in [0.1, 0.15) is 11.4 Å². The largest absolute Gasteiger partial charge is 0.493 e. The minimum Gasteiger partial charge on any atom is -0.493 e. The molecule has 2 aliphatic heterocycles. The van der Waals surface area contributed by atoms with E-state index in [1.807, 2.05) is 48.5 Å². The number of rotatable bonds is 2. The normalized spacial score (nSPS) is 22.8. The summed E-state index contributed by atoms with van der Waals surface area (Å²) in [5.41, 5.74) is 1.70. The van der Waals surface area contributed by atoms with E-state index >= 15 is 0 Å². The lowest BCUT2D eigenvalue weighted by Gasteiger charge is -2.24. The van der Waals surface area contributed by atoms with Crippen LogP contribution in [0.15, 0.2) is 48.5 Å². The van der Waals surface area contributed by atoms with Crippen molar-refractivity contribution in [1.82, 2.24) is 4.90 Å². The number of aliphatic hydroxyl groups is 1. The van der Waals surface area contributed by atoms with E-state index in [0.29, 0.717) is 25.1 Å². The van der Waals surface area contributed by atoms with E-state index in [9.17, 15) is 9.90 Å². The Morgan fingerprint density at radius 2 is 2.00 bits per heavy atom. The van der Waals surface area contributed by atoms with Gasteiger partial charge in [0.2, 0.25) is 0 Å². The smallest absolute Gasteiger partial charge is 0.253 e. The van der Waals surface area contributed by atoms with Crippen LogP contribution in [0.3, 0.4) is 0 Å². The fourth-order valence-corrected chi connectivity index (χ4v) is 3.63. The van der Waals surface area contributed by atoms with E-state index in [4.69, 9.17) is 4.74 Å². The van der Waals surface area contributed by atoms with Crippen molar-refractivity contribution in [3.8, 4) is 5.75 Å². The fraction of sp³-hybridized carbons (Fsp3) is 0.350. The van der Waals surface area contributed by atoms with Gasteiger partial charge in [-0.1, -0.05) is 30.3 Å². The summed E-state index contributed by atoms with van der Waals surface area (Å²) < 4.78 is 5.61. The average Bonchev–Trinajstić information content (AvgIpc) is 3.05. The van der Waals surface area contributed by atoms with Crippen molar-refractivity contribution in [2.24, 2.45) is 0 Å². The number of carbonyl (C=O) groups excluding carboxylic acids is 1. The zero-order valence-corrected chi connectivity index (χ0v) is 13.6. The first-order valence-electron chi connectivity index (χ1n) is 8.49. The first-order valence-corrected chi connectivity index (χ1v) is 8.49. The van der Waals surface area contributed by atoms with Crippen molar-refractivity contribution >= 4 is 5.91 Å². The maximum Gasteiger partial charge on any atom is 0.253 e. The Kier molecular flexibility index (Phi) is 3.77. The SMILES string of the molecule is O=C(c1ccc2c(c1)CCCO2)N1CCC(O)(c2ccccc2)C1. The molecule has 4 rings (SSSR count). The molecule has 2 aliphatic rings. The monoisotopic (exact) mass is 323 g/mol. The van der Waals surface area contributed by atoms with E-state index < -0.39 is 5.60 Å². The number of amides is 1. The summed E-state index contributed by atoms with van der Waals surface area (Å²) in [7, 11) is 0. The molecule has 1 fully saturated rings. The molecule has 4 nitrogen and oxygen atoms in total. The Hall–Kier alpha value is -2.33. The predicted molar refractivity (Wildman–Crippen MR) is 91.1 cm³/mol. The van der Waals surface area contributed by atoms with Crippen LogP contribution in [-0.4, -0.2) is 35.6 Å². The second kappa shape index (κ2) is 5.95. The number of fused-ring (bicyclic) bond motifs is 1. The minimum absolute atomic E-state index is 0.0183. The van der Waals surface area contributed by atoms with Gasteiger partial charge in [-0.2, -0.15) is 0 Å². The number of β-amino-alcohol motifs (C(OH)–C–C–N with tert-alkyl or cyclic N) is 1. The Bertz CT molecular complexity index is 759. The highest BCUT2D eigenvalue weighted by atomic mass is 16.5. The Balaban J connectivity index is 1.54. The highest BCUT2D eigenvalue weighted by Gasteiger charge is 2.39. The van der Waals surface area contributed by atoms with Gasteiger partial charge >= 0.3 is 0 Å². The first kappa shape index (κ1) is 15.2. The molecule has 1 amide bonds. The lowest BCUT2D eigenvalue weighted by atomic mass is 9.93. The summed E-state index contributed by atoms with van der Waals surface area (Å²) in [4.78, 5) is 14.6. The molecule has 2 heterocycles. The molecular formula is C20H21NO3. The number of hydrogen-bond donors (Lipinski definition) is 1. The number of benzene rings is 2. The van der Waals surface area contributed by atoms with Crippen LogP contribution in [0.2, 0.25) is 0 Å². The van der Waals surface area contributed by atoms with Crippen LogP contribution < -0.4 is 4.74 Å². The summed E-state index contributed by atoms with van der Waals surface area (Å²) in [6.07, 6.45) is 2.50. The van der Waals surface area contributed by atoms with Crippen molar-refractivity contribution in [1.29, 1.82) is 0 Å². The highest BCUT2D eigenvalue weighted by molar-refractivity contribution is 5.95. The van der Waals surface area contributed by atoms with Gasteiger partial charge in [0, 0.05) is 12.1 Å². The molecule has 1 unspecified atom stereocenters. The lowest BCUT2D eigenvalue weighted by molar-refractivity contribution is 0.0417. The Morgan fingerprint density at radius 1 is 1.17 bits per heavy atom. The molecule has 0 aliphatic carbocycles. The second-order valence-corrected chi connectivity index (χ2v) is 6.65. The molecule has 2 aromatic carbocycles. The van der Waals surface area contributed by atoms with Crippen LogP contribution in [0.5, 0.6) is 5.75 Å². The Labute approximate surface area is 141 Å². The van der Waals surface area contributed by atoms with E-state index in [1.54, 1.807) is 4.90 Å². The molecule has 1 atom stereocenters. The summed E-state index contributed by atoms with van der Waals surface area (Å²) in [6, 6.07) is 15.3. The molecule has 2 aromatic rings. The van der Waals surface area contributed by atoms with E-state index in [0.717, 1.165) is 36.3 Å². The molecule has 124 valence electrons. The average molecular weight is 323 g/mol. The molecule has 0 bridgehead atoms. The predicted octanol–water partition coefficient (Wildman–Crippen LogP) is 2.75. The minimum atomic E-state index is -0.950. The van der Waals surface area contributed by atoms with Crippen LogP contribution in [0.4, 0.5) is 0 Å². The summed E-state index contributed by atoms with van der Waals surface area (Å²) in [5, 5.41) is 10.9. The zero-order valence-electron chi connectivity index (χ0n) is 13.6. The molecule has 24 heavy (non-hydrogen) atoms. The van der Waals surface area contributed by atoms with Gasteiger partial charge in [0.05, 0.1) is 13.2 Å². The van der Waals surface area contributed by atoms with Gasteiger partial charge in [-0.05, 0) is 48.6 Å². The van der Waals surface area contributed by atoms with Crippen LogP contribution in [0.25, 0.3) is 0 Å². The summed E-state index contributed by atoms with van der Waals surface area (Å²) in [5.74, 6) is 0.871. The number of nitrogens with zero attached hydrogens (tertiary/aromatic N) is 1. The third-order valence-electron chi connectivity index (χ3n) is 5.00. The third kappa shape index (κ3) is 2.67. The summed E-state index contributed by atoms with van der Waals surface area (Å²) in [6.45, 7) is 1.65. The molecule has 1 saturated heterocycles. The molecule has 0 aromatic heterocycles. The van der Waals surface area contributed by atoms with Crippen molar-refractivity contribution < 1.29 is 14.6 Å². The highest BCUT2D eigenvalue weighted by Crippen LogP contribution is 2.33. The molecule has 0 saturated carbocycles. The van der Waals surface area contributed by atoms with Gasteiger partial charge in [0.15, 0.2) is 0 Å². The molecule has 0 spiro atoms. The number of carbonyl (C=O) groups is 1. The molecule has 4 heteroatoms. The quantitative estimate of drug-likeness (QED) is 0.924. The van der Waals surface area contributed by atoms with Crippen molar-refractivity contribution in [3.05, 3.63) is 65.2 Å². The van der Waals surface area contributed by atoms with Crippen LogP contribution >= 0.6 is 0 Å². The Morgan fingerprint density at radius 3 is 2.83 bits per heavy atom. The summed E-state index contributed by atoms with van der Waals surface area (Å²) >= 11 is 0. The van der Waals surface area contributed by atoms with E-state index in [1.165, 1.54) is 0 Å². The van der Waals surface area contributed by atoms with Gasteiger partial charge < -0.3 is 14.7 Å². The fourth-order valence-electron chi connectivity index (χ4n) is 3.63. The maximum absolute atomic E-state index is 12.8. The number of hydrogen-bond acceptors (Lipinski definition) is 3. The van der Waals surface area contributed by atoms with Crippen LogP contribution in [0.1, 0.15) is 34.3 Å². The van der Waals surface area contributed by atoms with Gasteiger partial charge in [-0.25, -0.2) is 0 Å². The zero-order chi connectivity index (χ0) is 16.6. The number of ether oxygens (including phenoxy) is 1. The van der Waals surface area contributed by atoms with Crippen molar-refractivity contribution in [3.63, 3.8) is 0 Å². The van der Waals surface area contributed by atoms with Crippen molar-refractivity contribution in [2.45, 2.75) is 24.9 Å². The van der Waals surface area contributed by atoms with Crippen LogP contribution in [0, 0.1) is 0 Å².